The third-order valence-corrected chi connectivity index (χ3v) is 17.6. The first-order chi connectivity index (χ1) is 34.4. The van der Waals surface area contributed by atoms with Crippen LogP contribution in [0.15, 0.2) is 168 Å². The standard InChI is InChI=1S/C67H46N2O2/c1-65(2)51-31-49-53(66(3,4)55-27-45(37-17-7-9-19-39(37)59(49)55)41-21-13-25-57-61(41)43-23-11-15-35(33-68)63(43)70-57)29-47(51)48-30-54-50(32-52(48)65)60-40-20-10-8-18-38(40)46(28-56(60)67(54,5)6)42-22-14-26-58-62(42)44-24-12-16-36(34-69)64(44)71-58/h7-32,41,61H,1-6H3. The van der Waals surface area contributed by atoms with Gasteiger partial charge in [0.05, 0.1) is 17.0 Å². The first-order valence-electron chi connectivity index (χ1n) is 24.9. The fourth-order valence-electron chi connectivity index (χ4n) is 14.1. The Morgan fingerprint density at radius 3 is 1.69 bits per heavy atom. The number of allylic oxidation sites excluding steroid dienone is 4. The van der Waals surface area contributed by atoms with E-state index in [1.165, 1.54) is 99.4 Å². The van der Waals surface area contributed by atoms with Crippen LogP contribution in [0.25, 0.3) is 88.0 Å². The van der Waals surface area contributed by atoms with Crippen LogP contribution in [0.1, 0.15) is 109 Å². The lowest BCUT2D eigenvalue weighted by atomic mass is 9.74. The van der Waals surface area contributed by atoms with Gasteiger partial charge in [-0.3, -0.25) is 0 Å². The molecule has 4 heteroatoms. The third kappa shape index (κ3) is 4.97. The quantitative estimate of drug-likeness (QED) is 0.173. The Labute approximate surface area is 412 Å². The lowest BCUT2D eigenvalue weighted by Crippen LogP contribution is -2.18. The fraction of sp³-hybridized carbons (Fsp3) is 0.164. The minimum absolute atomic E-state index is 0.00993. The maximum absolute atomic E-state index is 10.0. The van der Waals surface area contributed by atoms with Crippen LogP contribution in [-0.4, -0.2) is 0 Å². The number of furan rings is 1. The van der Waals surface area contributed by atoms with Crippen LogP contribution in [0.2, 0.25) is 0 Å². The van der Waals surface area contributed by atoms with Gasteiger partial charge in [-0.25, -0.2) is 0 Å². The Balaban J connectivity index is 0.891. The zero-order valence-corrected chi connectivity index (χ0v) is 40.4. The van der Waals surface area contributed by atoms with Gasteiger partial charge in [0.25, 0.3) is 0 Å². The normalized spacial score (nSPS) is 18.5. The van der Waals surface area contributed by atoms with Gasteiger partial charge in [-0.15, -0.1) is 0 Å². The summed E-state index contributed by atoms with van der Waals surface area (Å²) in [6.07, 6.45) is 6.54. The van der Waals surface area contributed by atoms with Crippen molar-refractivity contribution >= 4 is 43.5 Å². The molecule has 0 bridgehead atoms. The van der Waals surface area contributed by atoms with E-state index in [0.29, 0.717) is 22.5 Å². The third-order valence-electron chi connectivity index (χ3n) is 17.6. The molecular formula is C67H46N2O2. The number of nitrogens with zero attached hydrogens (tertiary/aromatic N) is 2. The average Bonchev–Trinajstić information content (AvgIpc) is 4.14. The van der Waals surface area contributed by atoms with E-state index in [1.807, 2.05) is 30.3 Å². The van der Waals surface area contributed by atoms with E-state index in [2.05, 4.69) is 181 Å². The van der Waals surface area contributed by atoms with E-state index in [9.17, 15) is 10.5 Å². The van der Waals surface area contributed by atoms with Gasteiger partial charge >= 0.3 is 0 Å². The summed E-state index contributed by atoms with van der Waals surface area (Å²) in [4.78, 5) is 0. The Kier molecular flexibility index (Phi) is 7.66. The summed E-state index contributed by atoms with van der Waals surface area (Å²) in [5.74, 6) is 1.63. The van der Waals surface area contributed by atoms with Crippen molar-refractivity contribution in [2.24, 2.45) is 0 Å². The highest BCUT2D eigenvalue weighted by molar-refractivity contribution is 6.18. The molecule has 1 aromatic heterocycles. The van der Waals surface area contributed by atoms with Crippen LogP contribution in [0.3, 0.4) is 0 Å². The number of ether oxygens (including phenoxy) is 1. The molecule has 10 aromatic rings. The number of nitriles is 2. The summed E-state index contributed by atoms with van der Waals surface area (Å²) in [6, 6.07) is 56.0. The molecule has 5 aliphatic rings. The predicted octanol–water partition coefficient (Wildman–Crippen LogP) is 16.9. The maximum Gasteiger partial charge on any atom is 0.153 e. The molecule has 0 radical (unpaired) electrons. The van der Waals surface area contributed by atoms with Gasteiger partial charge in [0, 0.05) is 38.5 Å². The zero-order valence-electron chi connectivity index (χ0n) is 40.4. The lowest BCUT2D eigenvalue weighted by Gasteiger charge is -2.28. The van der Waals surface area contributed by atoms with E-state index in [1.54, 1.807) is 0 Å². The summed E-state index contributed by atoms with van der Waals surface area (Å²) < 4.78 is 12.9. The molecule has 2 heterocycles. The van der Waals surface area contributed by atoms with Crippen LogP contribution in [-0.2, 0) is 16.2 Å². The maximum atomic E-state index is 10.0. The molecule has 9 aromatic carbocycles. The van der Waals surface area contributed by atoms with Gasteiger partial charge in [0.2, 0.25) is 0 Å². The van der Waals surface area contributed by atoms with Gasteiger partial charge in [0.1, 0.15) is 29.2 Å². The first-order valence-corrected chi connectivity index (χ1v) is 24.9. The van der Waals surface area contributed by atoms with Gasteiger partial charge in [0.15, 0.2) is 5.58 Å². The molecule has 15 rings (SSSR count). The Morgan fingerprint density at radius 1 is 0.465 bits per heavy atom. The molecule has 71 heavy (non-hydrogen) atoms. The zero-order chi connectivity index (χ0) is 48.0. The molecule has 0 spiro atoms. The molecule has 0 fully saturated rings. The highest BCUT2D eigenvalue weighted by atomic mass is 16.5. The van der Waals surface area contributed by atoms with Crippen LogP contribution in [0.5, 0.6) is 5.75 Å². The van der Waals surface area contributed by atoms with Crippen molar-refractivity contribution < 1.29 is 9.15 Å². The van der Waals surface area contributed by atoms with Gasteiger partial charge in [-0.2, -0.15) is 10.5 Å². The number of fused-ring (bicyclic) bond motifs is 19. The highest BCUT2D eigenvalue weighted by Gasteiger charge is 2.47. The molecule has 2 atom stereocenters. The molecule has 1 aliphatic heterocycles. The second-order valence-corrected chi connectivity index (χ2v) is 22.1. The van der Waals surface area contributed by atoms with E-state index in [-0.39, 0.29) is 28.1 Å². The van der Waals surface area contributed by atoms with E-state index >= 15 is 0 Å². The van der Waals surface area contributed by atoms with Gasteiger partial charge in [-0.05, 0) is 160 Å². The minimum Gasteiger partial charge on any atom is -0.459 e. The van der Waals surface area contributed by atoms with Crippen LogP contribution in [0, 0.1) is 22.7 Å². The number of para-hydroxylation sites is 2. The fourth-order valence-corrected chi connectivity index (χ4v) is 14.1. The Hall–Kier alpha value is -8.44. The number of hydrogen-bond donors (Lipinski definition) is 0. The summed E-state index contributed by atoms with van der Waals surface area (Å²) in [7, 11) is 0. The molecule has 0 saturated carbocycles. The SMILES string of the molecule is CC1(C)c2cc3c(cc2-c2cc4c(cc21)-c1c(cc(C2C=CC=C5Oc6c(C#N)cccc6C52)c2ccccc12)C4(C)C)C(C)(C)c1cc(-c2cccc4oc5c(C#N)cccc5c24)c2ccccc2c1-3. The lowest BCUT2D eigenvalue weighted by molar-refractivity contribution is 0.416. The van der Waals surface area contributed by atoms with Crippen LogP contribution in [0.4, 0.5) is 0 Å². The molecule has 4 nitrogen and oxygen atoms in total. The summed E-state index contributed by atoms with van der Waals surface area (Å²) in [5, 5.41) is 27.0. The topological polar surface area (TPSA) is 69.9 Å². The highest BCUT2D eigenvalue weighted by Crippen LogP contribution is 2.62. The summed E-state index contributed by atoms with van der Waals surface area (Å²) >= 11 is 0. The first kappa shape index (κ1) is 40.4. The average molecular weight is 911 g/mol. The van der Waals surface area contributed by atoms with Crippen molar-refractivity contribution in [2.75, 3.05) is 0 Å². The summed E-state index contributed by atoms with van der Waals surface area (Å²) in [5.41, 5.74) is 22.5. The molecule has 0 amide bonds. The molecular weight excluding hydrogens is 865 g/mol. The van der Waals surface area contributed by atoms with E-state index in [0.717, 1.165) is 33.2 Å². The second-order valence-electron chi connectivity index (χ2n) is 22.1. The summed E-state index contributed by atoms with van der Waals surface area (Å²) in [6.45, 7) is 14.5. The Morgan fingerprint density at radius 2 is 1.00 bits per heavy atom. The van der Waals surface area contributed by atoms with Crippen LogP contribution < -0.4 is 4.74 Å². The van der Waals surface area contributed by atoms with E-state index in [4.69, 9.17) is 9.15 Å². The number of rotatable bonds is 2. The number of hydrogen-bond acceptors (Lipinski definition) is 4. The molecule has 4 aliphatic carbocycles. The predicted molar refractivity (Wildman–Crippen MR) is 286 cm³/mol. The molecule has 2 unspecified atom stereocenters. The monoisotopic (exact) mass is 910 g/mol. The van der Waals surface area contributed by atoms with Crippen molar-refractivity contribution in [1.29, 1.82) is 10.5 Å². The smallest absolute Gasteiger partial charge is 0.153 e. The van der Waals surface area contributed by atoms with E-state index < -0.39 is 0 Å². The Bertz CT molecular complexity index is 4330. The van der Waals surface area contributed by atoms with Crippen molar-refractivity contribution in [3.8, 4) is 62.4 Å². The second kappa shape index (κ2) is 13.5. The molecule has 0 saturated heterocycles. The van der Waals surface area contributed by atoms with Crippen molar-refractivity contribution in [1.82, 2.24) is 0 Å². The molecule has 0 N–H and O–H groups in total. The van der Waals surface area contributed by atoms with Crippen molar-refractivity contribution in [3.05, 3.63) is 219 Å². The molecule has 336 valence electrons. The van der Waals surface area contributed by atoms with Crippen molar-refractivity contribution in [3.63, 3.8) is 0 Å². The van der Waals surface area contributed by atoms with Crippen LogP contribution >= 0.6 is 0 Å². The largest absolute Gasteiger partial charge is 0.459 e. The number of benzene rings is 9. The van der Waals surface area contributed by atoms with Gasteiger partial charge < -0.3 is 9.15 Å². The van der Waals surface area contributed by atoms with Crippen molar-refractivity contribution in [2.45, 2.75) is 69.6 Å². The van der Waals surface area contributed by atoms with Gasteiger partial charge in [-0.1, -0.05) is 145 Å². The minimum atomic E-state index is -0.295.